The molecular formula is C14H16N2O3S. The van der Waals surface area contributed by atoms with E-state index in [9.17, 15) is 13.2 Å². The van der Waals surface area contributed by atoms with Gasteiger partial charge < -0.3 is 5.32 Å². The molecule has 0 bridgehead atoms. The first-order valence-electron chi connectivity index (χ1n) is 5.98. The molecule has 1 aromatic rings. The lowest BCUT2D eigenvalue weighted by Crippen LogP contribution is -2.23. The minimum absolute atomic E-state index is 0.0929. The molecule has 0 spiro atoms. The van der Waals surface area contributed by atoms with Crippen LogP contribution in [0.15, 0.2) is 52.3 Å². The van der Waals surface area contributed by atoms with Crippen molar-refractivity contribution in [1.82, 2.24) is 5.32 Å². The van der Waals surface area contributed by atoms with E-state index >= 15 is 0 Å². The standard InChI is InChI=1S/C14H16N2O3S/c1-3-5-14(17)15-11-10-12-6-8-13(9-7-12)20(18,19)16-4-2/h3,5-9H,2,10-11H2,1H3,(H,15,17). The molecular weight excluding hydrogens is 276 g/mol. The molecule has 0 aliphatic heterocycles. The number of benzene rings is 1. The zero-order chi connectivity index (χ0) is 15.0. The number of amides is 1. The highest BCUT2D eigenvalue weighted by Gasteiger charge is 2.10. The number of sulfonamides is 1. The second kappa shape index (κ2) is 7.43. The molecule has 106 valence electrons. The van der Waals surface area contributed by atoms with Gasteiger partial charge in [0.1, 0.15) is 0 Å². The minimum Gasteiger partial charge on any atom is -0.352 e. The van der Waals surface area contributed by atoms with Crippen molar-refractivity contribution < 1.29 is 13.2 Å². The molecule has 0 unspecified atom stereocenters. The average molecular weight is 292 g/mol. The Kier molecular flexibility index (Phi) is 5.90. The molecule has 0 saturated carbocycles. The van der Waals surface area contributed by atoms with Gasteiger partial charge in [-0.25, -0.2) is 0 Å². The predicted octanol–water partition coefficient (Wildman–Crippen LogP) is 1.47. The van der Waals surface area contributed by atoms with Gasteiger partial charge in [0.25, 0.3) is 10.0 Å². The second-order valence-corrected chi connectivity index (χ2v) is 5.51. The molecule has 5 nitrogen and oxygen atoms in total. The molecule has 0 fully saturated rings. The normalized spacial score (nSPS) is 11.1. The molecule has 0 atom stereocenters. The molecule has 1 aromatic carbocycles. The summed E-state index contributed by atoms with van der Waals surface area (Å²) in [6.07, 6.45) is 3.73. The number of nitrogens with zero attached hydrogens (tertiary/aromatic N) is 1. The van der Waals surface area contributed by atoms with Crippen molar-refractivity contribution in [2.75, 3.05) is 6.54 Å². The Bertz CT molecular complexity index is 640. The van der Waals surface area contributed by atoms with Crippen molar-refractivity contribution >= 4 is 21.8 Å². The highest BCUT2D eigenvalue weighted by Crippen LogP contribution is 2.13. The molecule has 6 heteroatoms. The summed E-state index contributed by atoms with van der Waals surface area (Å²) in [5.74, 6) is 1.87. The van der Waals surface area contributed by atoms with E-state index in [-0.39, 0.29) is 10.8 Å². The topological polar surface area (TPSA) is 75.6 Å². The second-order valence-electron chi connectivity index (χ2n) is 3.91. The number of carbonyl (C=O) groups is 1. The molecule has 0 heterocycles. The van der Waals surface area contributed by atoms with Gasteiger partial charge in [-0.15, -0.1) is 4.40 Å². The third-order valence-electron chi connectivity index (χ3n) is 2.44. The maximum absolute atomic E-state index is 11.6. The zero-order valence-electron chi connectivity index (χ0n) is 11.2. The van der Waals surface area contributed by atoms with Gasteiger partial charge in [-0.1, -0.05) is 18.2 Å². The number of hydrogen-bond donors (Lipinski definition) is 1. The van der Waals surface area contributed by atoms with E-state index in [1.54, 1.807) is 25.1 Å². The fourth-order valence-electron chi connectivity index (χ4n) is 1.51. The van der Waals surface area contributed by atoms with Crippen LogP contribution in [-0.2, 0) is 21.2 Å². The highest BCUT2D eigenvalue weighted by molar-refractivity contribution is 7.90. The first-order chi connectivity index (χ1) is 9.49. The Morgan fingerprint density at radius 3 is 2.60 bits per heavy atom. The Hall–Kier alpha value is -2.17. The van der Waals surface area contributed by atoms with Gasteiger partial charge in [-0.3, -0.25) is 4.79 Å². The van der Waals surface area contributed by atoms with Crippen LogP contribution in [0, 0.1) is 0 Å². The fourth-order valence-corrected chi connectivity index (χ4v) is 2.26. The van der Waals surface area contributed by atoms with Crippen LogP contribution in [0.4, 0.5) is 0 Å². The van der Waals surface area contributed by atoms with E-state index in [0.717, 1.165) is 5.56 Å². The number of rotatable bonds is 6. The summed E-state index contributed by atoms with van der Waals surface area (Å²) in [7, 11) is -3.70. The van der Waals surface area contributed by atoms with Crippen LogP contribution in [0.1, 0.15) is 12.5 Å². The van der Waals surface area contributed by atoms with Crippen LogP contribution >= 0.6 is 0 Å². The van der Waals surface area contributed by atoms with Gasteiger partial charge in [0.05, 0.1) is 4.90 Å². The van der Waals surface area contributed by atoms with Crippen molar-refractivity contribution in [3.05, 3.63) is 48.6 Å². The van der Waals surface area contributed by atoms with E-state index in [2.05, 4.69) is 16.3 Å². The van der Waals surface area contributed by atoms with Crippen LogP contribution in [0.3, 0.4) is 0 Å². The minimum atomic E-state index is -3.70. The van der Waals surface area contributed by atoms with Crippen molar-refractivity contribution in [2.24, 2.45) is 4.40 Å². The average Bonchev–Trinajstić information content (AvgIpc) is 2.39. The Morgan fingerprint density at radius 2 is 2.05 bits per heavy atom. The van der Waals surface area contributed by atoms with Crippen LogP contribution in [0.2, 0.25) is 0 Å². The number of hydrogen-bond acceptors (Lipinski definition) is 3. The summed E-state index contributed by atoms with van der Waals surface area (Å²) in [4.78, 5) is 11.3. The largest absolute Gasteiger partial charge is 0.352 e. The lowest BCUT2D eigenvalue weighted by atomic mass is 10.1. The monoisotopic (exact) mass is 292 g/mol. The molecule has 0 aromatic heterocycles. The van der Waals surface area contributed by atoms with Crippen LogP contribution in [0.25, 0.3) is 0 Å². The lowest BCUT2D eigenvalue weighted by molar-refractivity contribution is -0.116. The van der Waals surface area contributed by atoms with Gasteiger partial charge in [0, 0.05) is 6.54 Å². The molecule has 0 saturated heterocycles. The molecule has 1 rings (SSSR count). The predicted molar refractivity (Wildman–Crippen MR) is 78.2 cm³/mol. The summed E-state index contributed by atoms with van der Waals surface area (Å²) in [5.41, 5.74) is 0.923. The Labute approximate surface area is 118 Å². The number of nitrogens with one attached hydrogen (secondary N) is 1. The molecule has 0 aliphatic rings. The quantitative estimate of drug-likeness (QED) is 0.637. The van der Waals surface area contributed by atoms with Crippen molar-refractivity contribution in [3.8, 4) is 0 Å². The molecule has 20 heavy (non-hydrogen) atoms. The molecule has 1 N–H and O–H groups in total. The number of carbonyl (C=O) groups excluding carboxylic acids is 1. The maximum Gasteiger partial charge on any atom is 0.289 e. The van der Waals surface area contributed by atoms with E-state index in [0.29, 0.717) is 13.0 Å². The van der Waals surface area contributed by atoms with Crippen molar-refractivity contribution in [2.45, 2.75) is 18.2 Å². The molecule has 1 amide bonds. The first-order valence-corrected chi connectivity index (χ1v) is 7.42. The number of allylic oxidation sites excluding steroid dienone is 1. The van der Waals surface area contributed by atoms with E-state index in [1.165, 1.54) is 18.2 Å². The van der Waals surface area contributed by atoms with Crippen molar-refractivity contribution in [3.63, 3.8) is 0 Å². The van der Waals surface area contributed by atoms with Crippen molar-refractivity contribution in [1.29, 1.82) is 0 Å². The van der Waals surface area contributed by atoms with Gasteiger partial charge >= 0.3 is 0 Å². The summed E-state index contributed by atoms with van der Waals surface area (Å²) in [5, 5.41) is 2.72. The Balaban J connectivity index is 2.64. The summed E-state index contributed by atoms with van der Waals surface area (Å²) < 4.78 is 26.4. The maximum atomic E-state index is 11.6. The third-order valence-corrected chi connectivity index (χ3v) is 3.67. The first kappa shape index (κ1) is 15.9. The smallest absolute Gasteiger partial charge is 0.289 e. The SMILES string of the molecule is C=C=NS(=O)(=O)c1ccc(CCNC(=O)C=CC)cc1. The third kappa shape index (κ3) is 4.84. The molecule has 0 aliphatic carbocycles. The van der Waals surface area contributed by atoms with E-state index < -0.39 is 10.0 Å². The molecule has 0 radical (unpaired) electrons. The summed E-state index contributed by atoms with van der Waals surface area (Å²) >= 11 is 0. The van der Waals surface area contributed by atoms with Gasteiger partial charge in [-0.2, -0.15) is 8.42 Å². The lowest BCUT2D eigenvalue weighted by Gasteiger charge is -2.04. The Morgan fingerprint density at radius 1 is 1.40 bits per heavy atom. The van der Waals surface area contributed by atoms with Gasteiger partial charge in [0.2, 0.25) is 5.91 Å². The van der Waals surface area contributed by atoms with E-state index in [4.69, 9.17) is 0 Å². The fraction of sp³-hybridized carbons (Fsp3) is 0.214. The zero-order valence-corrected chi connectivity index (χ0v) is 12.0. The van der Waals surface area contributed by atoms with Crippen LogP contribution in [-0.4, -0.2) is 26.7 Å². The van der Waals surface area contributed by atoms with Crippen LogP contribution < -0.4 is 5.32 Å². The van der Waals surface area contributed by atoms with Gasteiger partial charge in [0.15, 0.2) is 0 Å². The highest BCUT2D eigenvalue weighted by atomic mass is 32.2. The summed E-state index contributed by atoms with van der Waals surface area (Å²) in [6, 6.07) is 6.32. The summed E-state index contributed by atoms with van der Waals surface area (Å²) in [6.45, 7) is 5.40. The van der Waals surface area contributed by atoms with Gasteiger partial charge in [-0.05, 0) is 49.6 Å². The van der Waals surface area contributed by atoms with E-state index in [1.807, 2.05) is 5.87 Å². The van der Waals surface area contributed by atoms with Crippen LogP contribution in [0.5, 0.6) is 0 Å².